The molecule has 1 fully saturated rings. The molecule has 1 aliphatic heterocycles. The number of nitrogens with zero attached hydrogens (tertiary/aromatic N) is 2. The number of H-pyrrole nitrogens is 1. The zero-order valence-corrected chi connectivity index (χ0v) is 11.7. The van der Waals surface area contributed by atoms with Gasteiger partial charge in [0.1, 0.15) is 5.82 Å². The van der Waals surface area contributed by atoms with Crippen LogP contribution in [0.3, 0.4) is 0 Å². The number of carbonyl (C=O) groups is 1. The molecule has 0 radical (unpaired) electrons. The number of likely N-dealkylation sites (tertiary alicyclic amines) is 1. The fourth-order valence-corrected chi connectivity index (χ4v) is 2.74. The van der Waals surface area contributed by atoms with Crippen molar-refractivity contribution in [1.82, 2.24) is 14.9 Å². The lowest BCUT2D eigenvalue weighted by Crippen LogP contribution is -2.38. The number of amides is 1. The molecule has 104 valence electrons. The second-order valence-corrected chi connectivity index (χ2v) is 5.41. The number of piperidine rings is 1. The molecule has 4 heteroatoms. The maximum atomic E-state index is 12.4. The van der Waals surface area contributed by atoms with E-state index in [4.69, 9.17) is 0 Å². The van der Waals surface area contributed by atoms with E-state index in [1.807, 2.05) is 42.3 Å². The summed E-state index contributed by atoms with van der Waals surface area (Å²) in [4.78, 5) is 21.8. The maximum absolute atomic E-state index is 12.4. The summed E-state index contributed by atoms with van der Waals surface area (Å²) >= 11 is 0. The van der Waals surface area contributed by atoms with Crippen LogP contribution in [0.15, 0.2) is 36.7 Å². The van der Waals surface area contributed by atoms with Gasteiger partial charge in [-0.05, 0) is 31.9 Å². The lowest BCUT2D eigenvalue weighted by atomic mass is 9.95. The molecule has 3 rings (SSSR count). The number of imidazole rings is 1. The summed E-state index contributed by atoms with van der Waals surface area (Å²) in [5.74, 6) is 1.64. The van der Waals surface area contributed by atoms with Gasteiger partial charge in [-0.1, -0.05) is 17.7 Å². The molecule has 0 unspecified atom stereocenters. The molecule has 1 N–H and O–H groups in total. The van der Waals surface area contributed by atoms with Gasteiger partial charge in [-0.2, -0.15) is 0 Å². The normalized spacial score (nSPS) is 16.4. The Labute approximate surface area is 118 Å². The van der Waals surface area contributed by atoms with Crippen molar-refractivity contribution in [3.63, 3.8) is 0 Å². The summed E-state index contributed by atoms with van der Waals surface area (Å²) in [5.41, 5.74) is 1.96. The van der Waals surface area contributed by atoms with E-state index < -0.39 is 0 Å². The first kappa shape index (κ1) is 12.9. The lowest BCUT2D eigenvalue weighted by molar-refractivity contribution is 0.0711. The average molecular weight is 269 g/mol. The van der Waals surface area contributed by atoms with Gasteiger partial charge in [0.15, 0.2) is 0 Å². The number of hydrogen-bond donors (Lipinski definition) is 1. The number of rotatable bonds is 2. The van der Waals surface area contributed by atoms with Crippen molar-refractivity contribution >= 4 is 5.91 Å². The largest absolute Gasteiger partial charge is 0.348 e. The van der Waals surface area contributed by atoms with E-state index in [1.165, 1.54) is 5.56 Å². The number of aryl methyl sites for hydroxylation is 1. The summed E-state index contributed by atoms with van der Waals surface area (Å²) in [6.45, 7) is 3.64. The molecular formula is C16H19N3O. The lowest BCUT2D eigenvalue weighted by Gasteiger charge is -2.31. The Balaban J connectivity index is 1.63. The second-order valence-electron chi connectivity index (χ2n) is 5.41. The van der Waals surface area contributed by atoms with E-state index >= 15 is 0 Å². The van der Waals surface area contributed by atoms with Crippen LogP contribution in [0.25, 0.3) is 0 Å². The second kappa shape index (κ2) is 5.49. The zero-order chi connectivity index (χ0) is 13.9. The van der Waals surface area contributed by atoms with Crippen LogP contribution >= 0.6 is 0 Å². The van der Waals surface area contributed by atoms with Gasteiger partial charge in [0.2, 0.25) is 0 Å². The van der Waals surface area contributed by atoms with Crippen molar-refractivity contribution in [3.8, 4) is 0 Å². The first-order valence-corrected chi connectivity index (χ1v) is 7.09. The molecule has 1 aromatic carbocycles. The summed E-state index contributed by atoms with van der Waals surface area (Å²) < 4.78 is 0. The molecule has 1 saturated heterocycles. The Morgan fingerprint density at radius 3 is 2.55 bits per heavy atom. The number of aromatic amines is 1. The minimum Gasteiger partial charge on any atom is -0.348 e. The van der Waals surface area contributed by atoms with Crippen LogP contribution in [0, 0.1) is 6.92 Å². The van der Waals surface area contributed by atoms with E-state index in [2.05, 4.69) is 9.97 Å². The summed E-state index contributed by atoms with van der Waals surface area (Å²) in [5, 5.41) is 0. The van der Waals surface area contributed by atoms with Crippen LogP contribution < -0.4 is 0 Å². The fourth-order valence-electron chi connectivity index (χ4n) is 2.74. The Hall–Kier alpha value is -2.10. The fraction of sp³-hybridized carbons (Fsp3) is 0.375. The molecule has 20 heavy (non-hydrogen) atoms. The van der Waals surface area contributed by atoms with Gasteiger partial charge in [0, 0.05) is 37.0 Å². The smallest absolute Gasteiger partial charge is 0.253 e. The van der Waals surface area contributed by atoms with Gasteiger partial charge >= 0.3 is 0 Å². The number of benzene rings is 1. The van der Waals surface area contributed by atoms with Gasteiger partial charge in [0.05, 0.1) is 0 Å². The highest BCUT2D eigenvalue weighted by Crippen LogP contribution is 2.26. The predicted molar refractivity (Wildman–Crippen MR) is 77.6 cm³/mol. The number of carbonyl (C=O) groups excluding carboxylic acids is 1. The summed E-state index contributed by atoms with van der Waals surface area (Å²) in [6, 6.07) is 7.80. The summed E-state index contributed by atoms with van der Waals surface area (Å²) in [7, 11) is 0. The molecule has 0 spiro atoms. The molecule has 0 atom stereocenters. The predicted octanol–water partition coefficient (Wildman–Crippen LogP) is 2.74. The van der Waals surface area contributed by atoms with Crippen LogP contribution in [0.1, 0.15) is 40.5 Å². The molecule has 2 heterocycles. The Kier molecular flexibility index (Phi) is 3.54. The highest BCUT2D eigenvalue weighted by Gasteiger charge is 2.25. The van der Waals surface area contributed by atoms with E-state index in [-0.39, 0.29) is 5.91 Å². The Morgan fingerprint density at radius 1 is 1.25 bits per heavy atom. The van der Waals surface area contributed by atoms with Crippen LogP contribution in [-0.2, 0) is 0 Å². The quantitative estimate of drug-likeness (QED) is 0.911. The molecule has 1 aliphatic rings. The first-order valence-electron chi connectivity index (χ1n) is 7.09. The number of hydrogen-bond acceptors (Lipinski definition) is 2. The van der Waals surface area contributed by atoms with Gasteiger partial charge in [0.25, 0.3) is 5.91 Å². The van der Waals surface area contributed by atoms with Gasteiger partial charge in [-0.15, -0.1) is 0 Å². The van der Waals surface area contributed by atoms with Crippen LogP contribution in [0.5, 0.6) is 0 Å². The van der Waals surface area contributed by atoms with Crippen molar-refractivity contribution < 1.29 is 4.79 Å². The van der Waals surface area contributed by atoms with E-state index in [1.54, 1.807) is 6.20 Å². The molecule has 2 aromatic rings. The Bertz CT molecular complexity index is 566. The van der Waals surface area contributed by atoms with Crippen molar-refractivity contribution in [2.45, 2.75) is 25.7 Å². The van der Waals surface area contributed by atoms with Crippen LogP contribution in [0.2, 0.25) is 0 Å². The summed E-state index contributed by atoms with van der Waals surface area (Å²) in [6.07, 6.45) is 5.61. The van der Waals surface area contributed by atoms with Gasteiger partial charge in [-0.25, -0.2) is 4.98 Å². The third-order valence-electron chi connectivity index (χ3n) is 3.99. The van der Waals surface area contributed by atoms with Crippen LogP contribution in [-0.4, -0.2) is 33.9 Å². The molecule has 4 nitrogen and oxygen atoms in total. The highest BCUT2D eigenvalue weighted by atomic mass is 16.2. The standard InChI is InChI=1S/C16H19N3O/c1-12-2-4-14(5-3-12)16(20)19-10-6-13(7-11-19)15-17-8-9-18-15/h2-5,8-9,13H,6-7,10-11H2,1H3,(H,17,18). The first-order chi connectivity index (χ1) is 9.74. The topological polar surface area (TPSA) is 49.0 Å². The molecule has 0 bridgehead atoms. The minimum absolute atomic E-state index is 0.142. The van der Waals surface area contributed by atoms with Gasteiger partial charge < -0.3 is 9.88 Å². The molecular weight excluding hydrogens is 250 g/mol. The van der Waals surface area contributed by atoms with E-state index in [0.29, 0.717) is 5.92 Å². The van der Waals surface area contributed by atoms with Crippen molar-refractivity contribution in [2.24, 2.45) is 0 Å². The molecule has 1 amide bonds. The zero-order valence-electron chi connectivity index (χ0n) is 11.7. The van der Waals surface area contributed by atoms with Gasteiger partial charge in [-0.3, -0.25) is 4.79 Å². The number of nitrogens with one attached hydrogen (secondary N) is 1. The SMILES string of the molecule is Cc1ccc(C(=O)N2CCC(c3ncc[nH]3)CC2)cc1. The van der Waals surface area contributed by atoms with E-state index in [0.717, 1.165) is 37.3 Å². The monoisotopic (exact) mass is 269 g/mol. The van der Waals surface area contributed by atoms with Crippen molar-refractivity contribution in [1.29, 1.82) is 0 Å². The van der Waals surface area contributed by atoms with E-state index in [9.17, 15) is 4.79 Å². The van der Waals surface area contributed by atoms with Crippen LogP contribution in [0.4, 0.5) is 0 Å². The molecule has 0 saturated carbocycles. The van der Waals surface area contributed by atoms with Crippen molar-refractivity contribution in [3.05, 3.63) is 53.6 Å². The minimum atomic E-state index is 0.142. The third kappa shape index (κ3) is 2.59. The molecule has 1 aromatic heterocycles. The Morgan fingerprint density at radius 2 is 1.95 bits per heavy atom. The highest BCUT2D eigenvalue weighted by molar-refractivity contribution is 5.94. The third-order valence-corrected chi connectivity index (χ3v) is 3.99. The molecule has 0 aliphatic carbocycles. The maximum Gasteiger partial charge on any atom is 0.253 e. The average Bonchev–Trinajstić information content (AvgIpc) is 3.02. The van der Waals surface area contributed by atoms with Crippen molar-refractivity contribution in [2.75, 3.05) is 13.1 Å². The number of aromatic nitrogens is 2.